The first-order valence-electron chi connectivity index (χ1n) is 11.0. The molecule has 1 unspecified atom stereocenters. The van der Waals surface area contributed by atoms with E-state index in [1.54, 1.807) is 28.0 Å². The van der Waals surface area contributed by atoms with Crippen molar-refractivity contribution in [3.63, 3.8) is 0 Å². The van der Waals surface area contributed by atoms with E-state index in [1.807, 2.05) is 50.2 Å². The summed E-state index contributed by atoms with van der Waals surface area (Å²) in [7, 11) is 0. The van der Waals surface area contributed by atoms with Crippen molar-refractivity contribution in [2.45, 2.75) is 31.2 Å². The summed E-state index contributed by atoms with van der Waals surface area (Å²) in [6, 6.07) is 18.9. The first-order valence-corrected chi connectivity index (χ1v) is 11.9. The maximum absolute atomic E-state index is 13.5. The molecular weight excluding hydrogens is 465 g/mol. The minimum atomic E-state index is -0.564. The predicted octanol–water partition coefficient (Wildman–Crippen LogP) is 4.91. The normalized spacial score (nSPS) is 12.2. The molecule has 0 spiro atoms. The fourth-order valence-corrected chi connectivity index (χ4v) is 4.94. The van der Waals surface area contributed by atoms with Gasteiger partial charge < -0.3 is 5.32 Å². The molecule has 7 nitrogen and oxygen atoms in total. The van der Waals surface area contributed by atoms with Crippen LogP contribution in [0.15, 0.2) is 76.7 Å². The van der Waals surface area contributed by atoms with E-state index in [0.717, 1.165) is 11.1 Å². The van der Waals surface area contributed by atoms with E-state index in [1.165, 1.54) is 30.0 Å². The highest BCUT2D eigenvalue weighted by Crippen LogP contribution is 2.27. The Balaban J connectivity index is 1.61. The average Bonchev–Trinajstić information content (AvgIpc) is 3.22. The van der Waals surface area contributed by atoms with Crippen LogP contribution in [-0.2, 0) is 4.79 Å². The van der Waals surface area contributed by atoms with Gasteiger partial charge in [-0.05, 0) is 74.4 Å². The number of carbonyl (C=O) groups is 1. The predicted molar refractivity (Wildman–Crippen MR) is 136 cm³/mol. The quantitative estimate of drug-likeness (QED) is 0.356. The summed E-state index contributed by atoms with van der Waals surface area (Å²) in [6.45, 7) is 5.69. The lowest BCUT2D eigenvalue weighted by Gasteiger charge is -2.14. The molecule has 2 heterocycles. The van der Waals surface area contributed by atoms with E-state index in [0.29, 0.717) is 33.2 Å². The van der Waals surface area contributed by atoms with Crippen molar-refractivity contribution in [1.29, 1.82) is 0 Å². The van der Waals surface area contributed by atoms with Gasteiger partial charge in [0.15, 0.2) is 5.16 Å². The molecule has 5 rings (SSSR count). The molecule has 0 aliphatic heterocycles. The van der Waals surface area contributed by atoms with Crippen LogP contribution in [0.5, 0.6) is 0 Å². The number of fused-ring (bicyclic) bond motifs is 3. The third-order valence-electron chi connectivity index (χ3n) is 5.60. The van der Waals surface area contributed by atoms with Gasteiger partial charge >= 0.3 is 0 Å². The molecule has 0 aliphatic rings. The van der Waals surface area contributed by atoms with Crippen LogP contribution in [-0.4, -0.2) is 30.3 Å². The molecule has 0 radical (unpaired) electrons. The number of rotatable bonds is 5. The highest BCUT2D eigenvalue weighted by Gasteiger charge is 2.22. The Kier molecular flexibility index (Phi) is 5.86. The van der Waals surface area contributed by atoms with Gasteiger partial charge in [-0.2, -0.15) is 0 Å². The van der Waals surface area contributed by atoms with Crippen molar-refractivity contribution in [3.8, 4) is 5.69 Å². The largest absolute Gasteiger partial charge is 0.325 e. The smallest absolute Gasteiger partial charge is 0.267 e. The molecule has 0 fully saturated rings. The molecule has 1 amide bonds. The fourth-order valence-electron chi connectivity index (χ4n) is 4.09. The zero-order valence-electron chi connectivity index (χ0n) is 19.3. The van der Waals surface area contributed by atoms with Crippen molar-refractivity contribution in [3.05, 3.63) is 94.0 Å². The molecule has 1 atom stereocenters. The summed E-state index contributed by atoms with van der Waals surface area (Å²) < 4.78 is 16.9. The second-order valence-corrected chi connectivity index (χ2v) is 9.69. The number of benzene rings is 3. The molecule has 1 N–H and O–H groups in total. The minimum Gasteiger partial charge on any atom is -0.325 e. The van der Waals surface area contributed by atoms with Crippen molar-refractivity contribution in [1.82, 2.24) is 19.2 Å². The second kappa shape index (κ2) is 8.99. The molecule has 176 valence electrons. The molecule has 3 aromatic carbocycles. The Labute approximate surface area is 204 Å². The maximum atomic E-state index is 13.5. The van der Waals surface area contributed by atoms with Crippen molar-refractivity contribution in [2.24, 2.45) is 0 Å². The molecule has 2 aromatic heterocycles. The van der Waals surface area contributed by atoms with Crippen LogP contribution in [0.3, 0.4) is 0 Å². The first-order chi connectivity index (χ1) is 16.8. The third-order valence-corrected chi connectivity index (χ3v) is 6.65. The highest BCUT2D eigenvalue weighted by molar-refractivity contribution is 8.00. The lowest BCUT2D eigenvalue weighted by Crippen LogP contribution is -2.23. The summed E-state index contributed by atoms with van der Waals surface area (Å²) in [4.78, 5) is 26.3. The number of anilines is 1. The first kappa shape index (κ1) is 22.8. The zero-order valence-corrected chi connectivity index (χ0v) is 20.1. The number of hydrogen-bond acceptors (Lipinski definition) is 5. The summed E-state index contributed by atoms with van der Waals surface area (Å²) in [6.07, 6.45) is 0. The second-order valence-electron chi connectivity index (χ2n) is 8.38. The topological polar surface area (TPSA) is 81.3 Å². The van der Waals surface area contributed by atoms with Crippen LogP contribution in [0.4, 0.5) is 10.1 Å². The molecular formula is C26H22FN5O2S. The number of amides is 1. The molecule has 35 heavy (non-hydrogen) atoms. The van der Waals surface area contributed by atoms with E-state index in [9.17, 15) is 14.0 Å². The maximum Gasteiger partial charge on any atom is 0.267 e. The summed E-state index contributed by atoms with van der Waals surface area (Å²) >= 11 is 1.21. The summed E-state index contributed by atoms with van der Waals surface area (Å²) in [5.74, 6) is -0.370. The number of aromatic nitrogens is 4. The molecule has 9 heteroatoms. The molecule has 0 bridgehead atoms. The number of thioether (sulfide) groups is 1. The van der Waals surface area contributed by atoms with Gasteiger partial charge in [-0.1, -0.05) is 36.0 Å². The number of hydrogen-bond donors (Lipinski definition) is 1. The monoisotopic (exact) mass is 487 g/mol. The van der Waals surface area contributed by atoms with Gasteiger partial charge in [0.05, 0.1) is 21.8 Å². The fraction of sp³-hybridized carbons (Fsp3) is 0.154. The van der Waals surface area contributed by atoms with E-state index in [4.69, 9.17) is 0 Å². The van der Waals surface area contributed by atoms with E-state index < -0.39 is 11.1 Å². The number of nitrogens with one attached hydrogen (secondary N) is 1. The van der Waals surface area contributed by atoms with Gasteiger partial charge in [0.25, 0.3) is 5.56 Å². The van der Waals surface area contributed by atoms with Gasteiger partial charge in [-0.15, -0.1) is 10.2 Å². The molecule has 0 saturated heterocycles. The summed E-state index contributed by atoms with van der Waals surface area (Å²) in [5.41, 5.74) is 3.58. The summed E-state index contributed by atoms with van der Waals surface area (Å²) in [5, 5.41) is 11.8. The van der Waals surface area contributed by atoms with Crippen LogP contribution in [0.1, 0.15) is 18.1 Å². The Morgan fingerprint density at radius 3 is 2.49 bits per heavy atom. The van der Waals surface area contributed by atoms with Crippen molar-refractivity contribution >= 4 is 40.0 Å². The lowest BCUT2D eigenvalue weighted by atomic mass is 10.1. The van der Waals surface area contributed by atoms with Crippen LogP contribution >= 0.6 is 11.8 Å². The number of halogens is 1. The van der Waals surface area contributed by atoms with E-state index in [-0.39, 0.29) is 11.5 Å². The van der Waals surface area contributed by atoms with Crippen LogP contribution in [0.2, 0.25) is 0 Å². The van der Waals surface area contributed by atoms with Crippen molar-refractivity contribution in [2.75, 3.05) is 5.32 Å². The Morgan fingerprint density at radius 1 is 1.00 bits per heavy atom. The number of nitrogens with zero attached hydrogens (tertiary/aromatic N) is 4. The number of para-hydroxylation sites is 1. The van der Waals surface area contributed by atoms with Crippen LogP contribution in [0.25, 0.3) is 22.4 Å². The molecule has 5 aromatic rings. The Morgan fingerprint density at radius 2 is 1.74 bits per heavy atom. The van der Waals surface area contributed by atoms with E-state index >= 15 is 0 Å². The van der Waals surface area contributed by atoms with Gasteiger partial charge in [0.1, 0.15) is 5.82 Å². The standard InChI is InChI=1S/C26H22FN5O2S/c1-15-11-16(2)13-20(12-15)31-24(34)21-9-4-5-10-22(21)32-25(31)29-30-26(32)35-17(3)23(33)28-19-8-6-7-18(27)14-19/h4-14,17H,1-3H3,(H,28,33). The number of aryl methyl sites for hydroxylation is 2. The highest BCUT2D eigenvalue weighted by atomic mass is 32.2. The van der Waals surface area contributed by atoms with Crippen LogP contribution < -0.4 is 10.9 Å². The van der Waals surface area contributed by atoms with Gasteiger partial charge in [0, 0.05) is 5.69 Å². The molecule has 0 aliphatic carbocycles. The van der Waals surface area contributed by atoms with Gasteiger partial charge in [-0.25, -0.2) is 8.96 Å². The van der Waals surface area contributed by atoms with Gasteiger partial charge in [0.2, 0.25) is 11.7 Å². The molecule has 0 saturated carbocycles. The zero-order chi connectivity index (χ0) is 24.7. The Hall–Kier alpha value is -3.98. The average molecular weight is 488 g/mol. The van der Waals surface area contributed by atoms with E-state index in [2.05, 4.69) is 15.5 Å². The van der Waals surface area contributed by atoms with Crippen molar-refractivity contribution < 1.29 is 9.18 Å². The SMILES string of the molecule is Cc1cc(C)cc(-n2c(=O)c3ccccc3n3c(SC(C)C(=O)Nc4cccc(F)c4)nnc23)c1. The number of carbonyl (C=O) groups excluding carboxylic acids is 1. The Bertz CT molecular complexity index is 1640. The lowest BCUT2D eigenvalue weighted by molar-refractivity contribution is -0.115. The van der Waals surface area contributed by atoms with Gasteiger partial charge in [-0.3, -0.25) is 14.0 Å². The third kappa shape index (κ3) is 4.30. The van der Waals surface area contributed by atoms with Crippen LogP contribution in [0, 0.1) is 19.7 Å². The minimum absolute atomic E-state index is 0.195.